The topological polar surface area (TPSA) is 67.9 Å². The molecule has 1 rings (SSSR count). The molecule has 1 saturated carbocycles. The van der Waals surface area contributed by atoms with Crippen LogP contribution in [0.15, 0.2) is 0 Å². The summed E-state index contributed by atoms with van der Waals surface area (Å²) in [4.78, 5) is 25.3. The van der Waals surface area contributed by atoms with E-state index >= 15 is 0 Å². The maximum atomic E-state index is 12.3. The van der Waals surface area contributed by atoms with Gasteiger partial charge in [-0.15, -0.1) is 0 Å². The molecule has 6 heteroatoms. The van der Waals surface area contributed by atoms with Crippen LogP contribution >= 0.6 is 0 Å². The third kappa shape index (κ3) is 4.76. The molecule has 20 heavy (non-hydrogen) atoms. The molecule has 0 spiro atoms. The van der Waals surface area contributed by atoms with Gasteiger partial charge in [0.15, 0.2) is 0 Å². The maximum Gasteiger partial charge on any atom is 0.325 e. The molecule has 1 N–H and O–H groups in total. The summed E-state index contributed by atoms with van der Waals surface area (Å²) in [7, 11) is 6.83. The average molecular weight is 286 g/mol. The number of likely N-dealkylation sites (N-methyl/N-ethyl adjacent to an activating group) is 1. The zero-order chi connectivity index (χ0) is 15.1. The van der Waals surface area contributed by atoms with Gasteiger partial charge in [-0.2, -0.15) is 0 Å². The fourth-order valence-electron chi connectivity index (χ4n) is 2.85. The molecule has 1 aliphatic rings. The smallest absolute Gasteiger partial charge is 0.325 e. The molecule has 1 amide bonds. The zero-order valence-electron chi connectivity index (χ0n) is 12.8. The van der Waals surface area contributed by atoms with Gasteiger partial charge in [-0.3, -0.25) is 14.5 Å². The van der Waals surface area contributed by atoms with Crippen LogP contribution in [0.4, 0.5) is 0 Å². The Hall–Kier alpha value is -1.14. The minimum atomic E-state index is -0.432. The molecular weight excluding hydrogens is 260 g/mol. The van der Waals surface area contributed by atoms with Crippen molar-refractivity contribution in [2.24, 2.45) is 5.92 Å². The fraction of sp³-hybridized carbons (Fsp3) is 0.857. The first-order chi connectivity index (χ1) is 9.49. The van der Waals surface area contributed by atoms with Crippen LogP contribution in [0.25, 0.3) is 0 Å². The Morgan fingerprint density at radius 3 is 2.25 bits per heavy atom. The van der Waals surface area contributed by atoms with Crippen LogP contribution in [0.2, 0.25) is 0 Å². The van der Waals surface area contributed by atoms with E-state index in [1.165, 1.54) is 7.11 Å². The number of carbonyl (C=O) groups is 2. The van der Waals surface area contributed by atoms with Gasteiger partial charge in [0.05, 0.1) is 19.3 Å². The van der Waals surface area contributed by atoms with Crippen molar-refractivity contribution in [3.05, 3.63) is 0 Å². The summed E-state index contributed by atoms with van der Waals surface area (Å²) in [6.07, 6.45) is 4.21. The lowest BCUT2D eigenvalue weighted by atomic mass is 9.81. The molecule has 0 aliphatic heterocycles. The Labute approximate surface area is 120 Å². The number of rotatable bonds is 6. The summed E-state index contributed by atoms with van der Waals surface area (Å²) in [5.41, 5.74) is 0. The lowest BCUT2D eigenvalue weighted by Crippen LogP contribution is -2.50. The molecule has 0 bridgehead atoms. The van der Waals surface area contributed by atoms with Crippen LogP contribution in [0.1, 0.15) is 25.7 Å². The van der Waals surface area contributed by atoms with Crippen molar-refractivity contribution in [2.45, 2.75) is 37.8 Å². The Morgan fingerprint density at radius 2 is 1.80 bits per heavy atom. The molecule has 6 nitrogen and oxygen atoms in total. The van der Waals surface area contributed by atoms with Crippen molar-refractivity contribution in [3.63, 3.8) is 0 Å². The number of hydrogen-bond acceptors (Lipinski definition) is 5. The molecule has 116 valence electrons. The minimum Gasteiger partial charge on any atom is -0.468 e. The van der Waals surface area contributed by atoms with E-state index in [9.17, 15) is 9.59 Å². The van der Waals surface area contributed by atoms with E-state index in [0.29, 0.717) is 12.0 Å². The predicted octanol–water partition coefficient (Wildman–Crippen LogP) is 0.411. The Balaban J connectivity index is 2.56. The number of nitrogens with one attached hydrogen (secondary N) is 1. The second-order valence-electron chi connectivity index (χ2n) is 5.47. The first kappa shape index (κ1) is 16.9. The van der Waals surface area contributed by atoms with E-state index in [1.54, 1.807) is 7.11 Å². The zero-order valence-corrected chi connectivity index (χ0v) is 12.8. The highest BCUT2D eigenvalue weighted by atomic mass is 16.5. The van der Waals surface area contributed by atoms with Gasteiger partial charge in [0.25, 0.3) is 0 Å². The van der Waals surface area contributed by atoms with E-state index in [4.69, 9.17) is 4.74 Å². The highest BCUT2D eigenvalue weighted by Crippen LogP contribution is 2.30. The van der Waals surface area contributed by atoms with Gasteiger partial charge in [0.2, 0.25) is 5.91 Å². The van der Waals surface area contributed by atoms with Crippen LogP contribution in [-0.2, 0) is 19.1 Å². The maximum absolute atomic E-state index is 12.3. The van der Waals surface area contributed by atoms with E-state index in [1.807, 2.05) is 19.0 Å². The van der Waals surface area contributed by atoms with E-state index in [0.717, 1.165) is 25.7 Å². The van der Waals surface area contributed by atoms with Crippen LogP contribution in [0.3, 0.4) is 0 Å². The molecule has 1 unspecified atom stereocenters. The summed E-state index contributed by atoms with van der Waals surface area (Å²) in [6, 6.07) is -0.211. The molecule has 0 radical (unpaired) electrons. The summed E-state index contributed by atoms with van der Waals surface area (Å²) >= 11 is 0. The monoisotopic (exact) mass is 286 g/mol. The summed E-state index contributed by atoms with van der Waals surface area (Å²) < 4.78 is 9.89. The molecule has 1 fully saturated rings. The molecule has 0 heterocycles. The van der Waals surface area contributed by atoms with Gasteiger partial charge >= 0.3 is 5.97 Å². The Kier molecular flexibility index (Phi) is 6.95. The third-order valence-electron chi connectivity index (χ3n) is 3.96. The molecule has 0 aromatic carbocycles. The van der Waals surface area contributed by atoms with Crippen molar-refractivity contribution in [1.82, 2.24) is 10.2 Å². The van der Waals surface area contributed by atoms with Crippen LogP contribution in [0.5, 0.6) is 0 Å². The quantitative estimate of drug-likeness (QED) is 0.716. The minimum absolute atomic E-state index is 0.0763. The highest BCUT2D eigenvalue weighted by molar-refractivity contribution is 5.85. The third-order valence-corrected chi connectivity index (χ3v) is 3.96. The van der Waals surface area contributed by atoms with Crippen molar-refractivity contribution < 1.29 is 19.1 Å². The summed E-state index contributed by atoms with van der Waals surface area (Å²) in [6.45, 7) is -0.0763. The number of nitrogens with zero attached hydrogens (tertiary/aromatic N) is 1. The van der Waals surface area contributed by atoms with E-state index in [-0.39, 0.29) is 18.5 Å². The highest BCUT2D eigenvalue weighted by Gasteiger charge is 2.33. The van der Waals surface area contributed by atoms with Gasteiger partial charge in [-0.05, 0) is 45.7 Å². The van der Waals surface area contributed by atoms with Crippen molar-refractivity contribution in [3.8, 4) is 0 Å². The van der Waals surface area contributed by atoms with Gasteiger partial charge in [0.1, 0.15) is 6.54 Å². The lowest BCUT2D eigenvalue weighted by molar-refractivity contribution is -0.142. The number of hydrogen-bond donors (Lipinski definition) is 1. The second kappa shape index (κ2) is 8.21. The van der Waals surface area contributed by atoms with Gasteiger partial charge in [0, 0.05) is 7.11 Å². The van der Waals surface area contributed by atoms with Crippen LogP contribution in [-0.4, -0.2) is 63.8 Å². The fourth-order valence-corrected chi connectivity index (χ4v) is 2.85. The van der Waals surface area contributed by atoms with Crippen molar-refractivity contribution in [2.75, 3.05) is 34.9 Å². The van der Waals surface area contributed by atoms with Crippen molar-refractivity contribution in [1.29, 1.82) is 0 Å². The van der Waals surface area contributed by atoms with E-state index < -0.39 is 5.97 Å². The first-order valence-electron chi connectivity index (χ1n) is 7.03. The van der Waals surface area contributed by atoms with Gasteiger partial charge in [-0.25, -0.2) is 0 Å². The molecule has 1 aliphatic carbocycles. The lowest BCUT2D eigenvalue weighted by Gasteiger charge is -2.35. The van der Waals surface area contributed by atoms with Gasteiger partial charge < -0.3 is 14.8 Å². The summed E-state index contributed by atoms with van der Waals surface area (Å²) in [5, 5.41) is 2.65. The summed E-state index contributed by atoms with van der Waals surface area (Å²) in [5.74, 6) is -0.241. The van der Waals surface area contributed by atoms with Crippen molar-refractivity contribution >= 4 is 11.9 Å². The molecule has 0 aromatic heterocycles. The molecule has 0 saturated heterocycles. The molecular formula is C14H26N2O4. The molecule has 1 atom stereocenters. The average Bonchev–Trinajstić information content (AvgIpc) is 2.45. The van der Waals surface area contributed by atoms with Crippen LogP contribution in [0, 0.1) is 5.92 Å². The standard InChI is InChI=1S/C14H26N2O4/c1-16(2)13(14(18)15-9-12(17)20-4)10-5-7-11(19-3)8-6-10/h10-11,13H,5-9H2,1-4H3,(H,15,18). The number of esters is 1. The van der Waals surface area contributed by atoms with E-state index in [2.05, 4.69) is 10.1 Å². The number of carbonyl (C=O) groups excluding carboxylic acids is 2. The number of methoxy groups -OCH3 is 2. The number of ether oxygens (including phenoxy) is 2. The predicted molar refractivity (Wildman–Crippen MR) is 75.3 cm³/mol. The molecule has 0 aromatic rings. The number of amides is 1. The normalized spacial score (nSPS) is 24.2. The second-order valence-corrected chi connectivity index (χ2v) is 5.47. The van der Waals surface area contributed by atoms with Gasteiger partial charge in [-0.1, -0.05) is 0 Å². The largest absolute Gasteiger partial charge is 0.468 e. The Morgan fingerprint density at radius 1 is 1.20 bits per heavy atom. The SMILES string of the molecule is COC(=O)CNC(=O)C(C1CCC(OC)CC1)N(C)C. The Bertz CT molecular complexity index is 325. The first-order valence-corrected chi connectivity index (χ1v) is 7.03. The van der Waals surface area contributed by atoms with Crippen LogP contribution < -0.4 is 5.32 Å².